The summed E-state index contributed by atoms with van der Waals surface area (Å²) in [4.78, 5) is 11.2. The number of amides is 1. The summed E-state index contributed by atoms with van der Waals surface area (Å²) >= 11 is 0. The zero-order valence-corrected chi connectivity index (χ0v) is 6.78. The molecule has 0 aliphatic carbocycles. The second-order valence-corrected chi connectivity index (χ2v) is 3.27. The first-order valence-electron chi connectivity index (χ1n) is 4.09. The Kier molecular flexibility index (Phi) is 1.04. The van der Waals surface area contributed by atoms with Crippen LogP contribution in [0.1, 0.15) is 17.4 Å². The Morgan fingerprint density at radius 1 is 1.54 bits per heavy atom. The van der Waals surface area contributed by atoms with E-state index in [-0.39, 0.29) is 6.23 Å². The molecule has 4 heteroatoms. The number of nitrogens with two attached hydrogens (primary N) is 1. The minimum Gasteiger partial charge on any atom is -0.366 e. The topological polar surface area (TPSA) is 64.4 Å². The highest BCUT2D eigenvalue weighted by atomic mass is 16.6. The maximum atomic E-state index is 11.2. The number of hydrogen-bond acceptors (Lipinski definition) is 3. The van der Waals surface area contributed by atoms with Crippen molar-refractivity contribution in [2.45, 2.75) is 12.0 Å². The monoisotopic (exact) mass is 176 g/mol. The molecule has 66 valence electrons. The van der Waals surface area contributed by atoms with Crippen LogP contribution in [0.15, 0.2) is 24.3 Å². The van der Waals surface area contributed by atoms with Gasteiger partial charge in [-0.15, -0.1) is 0 Å². The fraction of sp³-hybridized carbons (Fsp3) is 0.222. The minimum absolute atomic E-state index is 0.149. The van der Waals surface area contributed by atoms with E-state index < -0.39 is 11.6 Å². The average Bonchev–Trinajstić information content (AvgIpc) is 2.51. The van der Waals surface area contributed by atoms with Crippen molar-refractivity contribution < 1.29 is 9.53 Å². The van der Waals surface area contributed by atoms with E-state index in [9.17, 15) is 4.79 Å². The Hall–Kier alpha value is -1.39. The standard InChI is InChI=1S/C9H8N2O2/c10-8(12)9-6-4-2-1-3-5(6)7(11-9)13-9/h1-4,7,11H,(H2,10,12). The summed E-state index contributed by atoms with van der Waals surface area (Å²) in [5.41, 5.74) is 6.09. The highest BCUT2D eigenvalue weighted by Gasteiger charge is 2.60. The third-order valence-corrected chi connectivity index (χ3v) is 2.60. The number of hydrogen-bond donors (Lipinski definition) is 2. The van der Waals surface area contributed by atoms with E-state index in [2.05, 4.69) is 5.32 Å². The summed E-state index contributed by atoms with van der Waals surface area (Å²) in [7, 11) is 0. The van der Waals surface area contributed by atoms with Crippen LogP contribution in [0.2, 0.25) is 0 Å². The van der Waals surface area contributed by atoms with Crippen molar-refractivity contribution >= 4 is 5.91 Å². The highest BCUT2D eigenvalue weighted by molar-refractivity contribution is 5.87. The Morgan fingerprint density at radius 3 is 2.92 bits per heavy atom. The zero-order chi connectivity index (χ0) is 9.05. The number of benzene rings is 1. The molecule has 0 aromatic heterocycles. The van der Waals surface area contributed by atoms with Crippen molar-refractivity contribution in [3.63, 3.8) is 0 Å². The highest BCUT2D eigenvalue weighted by Crippen LogP contribution is 2.49. The third-order valence-electron chi connectivity index (χ3n) is 2.60. The van der Waals surface area contributed by atoms with E-state index in [1.807, 2.05) is 24.3 Å². The van der Waals surface area contributed by atoms with Gasteiger partial charge < -0.3 is 10.5 Å². The van der Waals surface area contributed by atoms with Crippen molar-refractivity contribution in [3.8, 4) is 0 Å². The van der Waals surface area contributed by atoms with E-state index in [4.69, 9.17) is 10.5 Å². The molecule has 2 atom stereocenters. The fourth-order valence-corrected chi connectivity index (χ4v) is 1.96. The van der Waals surface area contributed by atoms with Crippen LogP contribution in [0.25, 0.3) is 0 Å². The molecule has 1 aromatic rings. The van der Waals surface area contributed by atoms with Crippen LogP contribution in [0.5, 0.6) is 0 Å². The molecule has 1 fully saturated rings. The van der Waals surface area contributed by atoms with Gasteiger partial charge in [0.2, 0.25) is 5.72 Å². The van der Waals surface area contributed by atoms with Crippen molar-refractivity contribution in [3.05, 3.63) is 35.4 Å². The number of nitrogens with one attached hydrogen (secondary N) is 1. The van der Waals surface area contributed by atoms with Crippen molar-refractivity contribution in [1.29, 1.82) is 0 Å². The normalized spacial score (nSPS) is 33.7. The quantitative estimate of drug-likeness (QED) is 0.630. The Labute approximate surface area is 74.7 Å². The molecule has 4 nitrogen and oxygen atoms in total. The van der Waals surface area contributed by atoms with Gasteiger partial charge in [-0.2, -0.15) is 0 Å². The van der Waals surface area contributed by atoms with Gasteiger partial charge >= 0.3 is 0 Å². The lowest BCUT2D eigenvalue weighted by Crippen LogP contribution is -2.60. The summed E-state index contributed by atoms with van der Waals surface area (Å²) in [6.45, 7) is 0. The molecule has 13 heavy (non-hydrogen) atoms. The molecule has 3 heterocycles. The van der Waals surface area contributed by atoms with E-state index in [0.29, 0.717) is 0 Å². The largest absolute Gasteiger partial charge is 0.366 e. The van der Waals surface area contributed by atoms with Crippen molar-refractivity contribution in [2.75, 3.05) is 0 Å². The minimum atomic E-state index is -1.04. The number of ether oxygens (including phenoxy) is 1. The lowest BCUT2D eigenvalue weighted by Gasteiger charge is -2.37. The molecule has 3 N–H and O–H groups in total. The summed E-state index contributed by atoms with van der Waals surface area (Å²) in [5, 5.41) is 3.00. The van der Waals surface area contributed by atoms with Crippen LogP contribution in [0, 0.1) is 0 Å². The van der Waals surface area contributed by atoms with Gasteiger partial charge in [-0.25, -0.2) is 5.32 Å². The predicted octanol–water partition coefficient (Wildman–Crippen LogP) is -0.0433. The number of carbonyl (C=O) groups is 1. The predicted molar refractivity (Wildman–Crippen MR) is 44.3 cm³/mol. The van der Waals surface area contributed by atoms with Crippen LogP contribution < -0.4 is 11.1 Å². The van der Waals surface area contributed by atoms with Gasteiger partial charge in [-0.1, -0.05) is 24.3 Å². The molecule has 0 saturated carbocycles. The molecule has 2 unspecified atom stereocenters. The molecule has 0 radical (unpaired) electrons. The lowest BCUT2D eigenvalue weighted by molar-refractivity contribution is -0.223. The summed E-state index contributed by atoms with van der Waals surface area (Å²) < 4.78 is 5.38. The van der Waals surface area contributed by atoms with Crippen LogP contribution >= 0.6 is 0 Å². The first kappa shape index (κ1) is 7.06. The molecular weight excluding hydrogens is 168 g/mol. The second kappa shape index (κ2) is 1.92. The molecule has 4 rings (SSSR count). The molecule has 1 aromatic carbocycles. The number of carbonyl (C=O) groups excluding carboxylic acids is 1. The fourth-order valence-electron chi connectivity index (χ4n) is 1.96. The third kappa shape index (κ3) is 0.620. The second-order valence-electron chi connectivity index (χ2n) is 3.27. The first-order chi connectivity index (χ1) is 6.24. The van der Waals surface area contributed by atoms with Gasteiger partial charge in [0.15, 0.2) is 0 Å². The Balaban J connectivity index is 2.22. The van der Waals surface area contributed by atoms with Crippen molar-refractivity contribution in [1.82, 2.24) is 5.32 Å². The summed E-state index contributed by atoms with van der Waals surface area (Å²) in [5.74, 6) is -0.478. The maximum absolute atomic E-state index is 11.2. The van der Waals surface area contributed by atoms with Gasteiger partial charge in [-0.05, 0) is 0 Å². The van der Waals surface area contributed by atoms with Crippen molar-refractivity contribution in [2.24, 2.45) is 5.73 Å². The molecule has 3 aliphatic heterocycles. The summed E-state index contributed by atoms with van der Waals surface area (Å²) in [6, 6.07) is 7.58. The zero-order valence-electron chi connectivity index (χ0n) is 6.78. The Morgan fingerprint density at radius 2 is 2.23 bits per heavy atom. The average molecular weight is 176 g/mol. The number of rotatable bonds is 1. The lowest BCUT2D eigenvalue weighted by atomic mass is 10.0. The molecule has 1 saturated heterocycles. The van der Waals surface area contributed by atoms with Crippen LogP contribution in [0.4, 0.5) is 0 Å². The van der Waals surface area contributed by atoms with Gasteiger partial charge in [0, 0.05) is 11.1 Å². The maximum Gasteiger partial charge on any atom is 0.270 e. The van der Waals surface area contributed by atoms with E-state index in [0.717, 1.165) is 11.1 Å². The van der Waals surface area contributed by atoms with Crippen LogP contribution in [-0.2, 0) is 15.3 Å². The van der Waals surface area contributed by atoms with Gasteiger partial charge in [0.25, 0.3) is 5.91 Å². The Bertz CT molecular complexity index is 396. The van der Waals surface area contributed by atoms with E-state index in [1.165, 1.54) is 0 Å². The number of primary amides is 1. The molecule has 0 spiro atoms. The van der Waals surface area contributed by atoms with E-state index >= 15 is 0 Å². The van der Waals surface area contributed by atoms with Gasteiger partial charge in [0.1, 0.15) is 6.23 Å². The SMILES string of the molecule is NC(=O)C12NC(O1)c1ccccc12. The van der Waals surface area contributed by atoms with Gasteiger partial charge in [-0.3, -0.25) is 4.79 Å². The summed E-state index contributed by atoms with van der Waals surface area (Å²) in [6.07, 6.45) is -0.149. The van der Waals surface area contributed by atoms with Crippen LogP contribution in [0.3, 0.4) is 0 Å². The van der Waals surface area contributed by atoms with E-state index in [1.54, 1.807) is 0 Å². The van der Waals surface area contributed by atoms with Crippen LogP contribution in [-0.4, -0.2) is 5.91 Å². The molecule has 3 aliphatic rings. The first-order valence-corrected chi connectivity index (χ1v) is 4.09. The molecular formula is C9H8N2O2. The molecule has 1 amide bonds. The smallest absolute Gasteiger partial charge is 0.270 e. The molecule has 2 bridgehead atoms. The van der Waals surface area contributed by atoms with Gasteiger partial charge in [0.05, 0.1) is 0 Å².